The number of piperazine rings is 1. The lowest BCUT2D eigenvalue weighted by molar-refractivity contribution is -0.122. The van der Waals surface area contributed by atoms with Gasteiger partial charge >= 0.3 is 5.69 Å². The quantitative estimate of drug-likeness (QED) is 0.553. The van der Waals surface area contributed by atoms with Crippen LogP contribution < -0.4 is 16.6 Å². The van der Waals surface area contributed by atoms with Gasteiger partial charge in [-0.15, -0.1) is 6.58 Å². The van der Waals surface area contributed by atoms with E-state index in [1.54, 1.807) is 31.1 Å². The van der Waals surface area contributed by atoms with Crippen molar-refractivity contribution in [1.82, 2.24) is 33.8 Å². The van der Waals surface area contributed by atoms with Crippen LogP contribution in [0.2, 0.25) is 0 Å². The van der Waals surface area contributed by atoms with Crippen molar-refractivity contribution >= 4 is 17.1 Å². The second kappa shape index (κ2) is 9.19. The van der Waals surface area contributed by atoms with Gasteiger partial charge in [-0.3, -0.25) is 23.6 Å². The Morgan fingerprint density at radius 1 is 1.17 bits per heavy atom. The Morgan fingerprint density at radius 3 is 2.55 bits per heavy atom. The van der Waals surface area contributed by atoms with Crippen LogP contribution in [-0.4, -0.2) is 80.2 Å². The monoisotopic (exact) mass is 403 g/mol. The average molecular weight is 403 g/mol. The fraction of sp³-hybridized carbons (Fsp3) is 0.579. The molecule has 2 aromatic rings. The Morgan fingerprint density at radius 2 is 1.86 bits per heavy atom. The van der Waals surface area contributed by atoms with Gasteiger partial charge in [0.05, 0.1) is 12.9 Å². The average Bonchev–Trinajstić information content (AvgIpc) is 3.10. The summed E-state index contributed by atoms with van der Waals surface area (Å²) in [7, 11) is 3.39. The highest BCUT2D eigenvalue weighted by molar-refractivity contribution is 5.78. The Labute approximate surface area is 169 Å². The molecule has 1 fully saturated rings. The molecular formula is C19H29N7O3. The van der Waals surface area contributed by atoms with Crippen molar-refractivity contribution in [3.63, 3.8) is 0 Å². The maximum absolute atomic E-state index is 12.7. The first-order chi connectivity index (χ1) is 13.9. The smallest absolute Gasteiger partial charge is 0.332 e. The number of nitrogens with one attached hydrogen (secondary N) is 1. The van der Waals surface area contributed by atoms with Gasteiger partial charge in [-0.25, -0.2) is 9.78 Å². The van der Waals surface area contributed by atoms with Crippen molar-refractivity contribution in [2.75, 3.05) is 45.8 Å². The minimum Gasteiger partial charge on any atom is -0.352 e. The van der Waals surface area contributed by atoms with Gasteiger partial charge in [0.25, 0.3) is 5.56 Å². The van der Waals surface area contributed by atoms with E-state index >= 15 is 0 Å². The lowest BCUT2D eigenvalue weighted by atomic mass is 10.2. The summed E-state index contributed by atoms with van der Waals surface area (Å²) in [6, 6.07) is 0. The molecule has 0 unspecified atom stereocenters. The Kier molecular flexibility index (Phi) is 6.65. The van der Waals surface area contributed by atoms with E-state index in [9.17, 15) is 14.4 Å². The molecule has 2 aromatic heterocycles. The molecule has 1 aliphatic heterocycles. The zero-order valence-corrected chi connectivity index (χ0v) is 17.1. The summed E-state index contributed by atoms with van der Waals surface area (Å²) in [6.07, 6.45) is 3.92. The van der Waals surface area contributed by atoms with Crippen molar-refractivity contribution in [2.24, 2.45) is 14.1 Å². The molecule has 29 heavy (non-hydrogen) atoms. The SMILES string of the molecule is C=CCNC(=O)CN1CCN(CCCn2c(=O)c3c(ncn3C)n(C)c2=O)CC1. The van der Waals surface area contributed by atoms with Crippen molar-refractivity contribution in [3.05, 3.63) is 39.8 Å². The highest BCUT2D eigenvalue weighted by Crippen LogP contribution is 2.05. The lowest BCUT2D eigenvalue weighted by Crippen LogP contribution is -2.49. The number of imidazole rings is 1. The van der Waals surface area contributed by atoms with Crippen molar-refractivity contribution in [1.29, 1.82) is 0 Å². The van der Waals surface area contributed by atoms with Crippen LogP contribution in [-0.2, 0) is 25.4 Å². The molecule has 0 radical (unpaired) electrons. The molecule has 0 atom stereocenters. The third-order valence-electron chi connectivity index (χ3n) is 5.33. The molecule has 1 amide bonds. The summed E-state index contributed by atoms with van der Waals surface area (Å²) >= 11 is 0. The van der Waals surface area contributed by atoms with Crippen LogP contribution in [0.1, 0.15) is 6.42 Å². The third-order valence-corrected chi connectivity index (χ3v) is 5.33. The standard InChI is InChI=1S/C19H29N7O3/c1-4-6-20-15(27)13-25-11-9-24(10-12-25)7-5-8-26-18(28)16-17(21-14-22(16)2)23(3)19(26)29/h4,14H,1,5-13H2,2-3H3,(H,20,27). The zero-order chi connectivity index (χ0) is 21.0. The number of hydrogen-bond donors (Lipinski definition) is 1. The Balaban J connectivity index is 1.52. The first-order valence-electron chi connectivity index (χ1n) is 9.85. The molecule has 1 aliphatic rings. The molecule has 10 nitrogen and oxygen atoms in total. The molecule has 0 aromatic carbocycles. The number of nitrogens with zero attached hydrogens (tertiary/aromatic N) is 6. The Hall–Kier alpha value is -2.72. The Bertz CT molecular complexity index is 996. The third kappa shape index (κ3) is 4.65. The summed E-state index contributed by atoms with van der Waals surface area (Å²) in [5.41, 5.74) is 0.220. The zero-order valence-electron chi connectivity index (χ0n) is 17.1. The van der Waals surface area contributed by atoms with Gasteiger partial charge < -0.3 is 14.8 Å². The number of rotatable bonds is 8. The number of hydrogen-bond acceptors (Lipinski definition) is 6. The van der Waals surface area contributed by atoms with Gasteiger partial charge in [0.15, 0.2) is 11.2 Å². The van der Waals surface area contributed by atoms with Crippen LogP contribution >= 0.6 is 0 Å². The second-order valence-corrected chi connectivity index (χ2v) is 7.39. The van der Waals surface area contributed by atoms with Crippen LogP contribution in [0.25, 0.3) is 11.2 Å². The lowest BCUT2D eigenvalue weighted by Gasteiger charge is -2.34. The summed E-state index contributed by atoms with van der Waals surface area (Å²) in [5, 5.41) is 2.79. The van der Waals surface area contributed by atoms with Crippen molar-refractivity contribution < 1.29 is 4.79 Å². The highest BCUT2D eigenvalue weighted by Gasteiger charge is 2.19. The van der Waals surface area contributed by atoms with E-state index in [1.165, 1.54) is 9.13 Å². The van der Waals surface area contributed by atoms with Crippen LogP contribution in [0.5, 0.6) is 0 Å². The van der Waals surface area contributed by atoms with Gasteiger partial charge in [0.2, 0.25) is 5.91 Å². The molecule has 0 spiro atoms. The van der Waals surface area contributed by atoms with E-state index in [1.807, 2.05) is 0 Å². The van der Waals surface area contributed by atoms with E-state index in [-0.39, 0.29) is 17.2 Å². The molecular weight excluding hydrogens is 374 g/mol. The maximum atomic E-state index is 12.7. The fourth-order valence-corrected chi connectivity index (χ4v) is 3.66. The molecule has 0 saturated carbocycles. The van der Waals surface area contributed by atoms with Crippen LogP contribution in [0.3, 0.4) is 0 Å². The summed E-state index contributed by atoms with van der Waals surface area (Å²) in [5.74, 6) is 0.0131. The van der Waals surface area contributed by atoms with E-state index in [0.717, 1.165) is 32.7 Å². The number of carbonyl (C=O) groups excluding carboxylic acids is 1. The van der Waals surface area contributed by atoms with Gasteiger partial charge in [-0.2, -0.15) is 0 Å². The number of amides is 1. The van der Waals surface area contributed by atoms with Gasteiger partial charge in [-0.05, 0) is 13.0 Å². The molecule has 1 N–H and O–H groups in total. The van der Waals surface area contributed by atoms with Gasteiger partial charge in [-0.1, -0.05) is 6.08 Å². The predicted octanol–water partition coefficient (Wildman–Crippen LogP) is -1.26. The van der Waals surface area contributed by atoms with Crippen molar-refractivity contribution in [3.8, 4) is 0 Å². The first-order valence-corrected chi connectivity index (χ1v) is 9.85. The molecule has 1 saturated heterocycles. The second-order valence-electron chi connectivity index (χ2n) is 7.39. The van der Waals surface area contributed by atoms with Gasteiger partial charge in [0, 0.05) is 53.4 Å². The number of fused-ring (bicyclic) bond motifs is 1. The molecule has 0 aliphatic carbocycles. The number of aromatic nitrogens is 4. The highest BCUT2D eigenvalue weighted by atomic mass is 16.2. The van der Waals surface area contributed by atoms with Crippen LogP contribution in [0.15, 0.2) is 28.6 Å². The molecule has 0 bridgehead atoms. The van der Waals surface area contributed by atoms with Gasteiger partial charge in [0.1, 0.15) is 0 Å². The minimum absolute atomic E-state index is 0.0131. The molecule has 3 heterocycles. The maximum Gasteiger partial charge on any atom is 0.332 e. The largest absolute Gasteiger partial charge is 0.352 e. The fourth-order valence-electron chi connectivity index (χ4n) is 3.66. The number of aryl methyl sites for hydroxylation is 2. The molecule has 3 rings (SSSR count). The predicted molar refractivity (Wildman–Crippen MR) is 111 cm³/mol. The minimum atomic E-state index is -0.337. The molecule has 10 heteroatoms. The van der Waals surface area contributed by atoms with E-state index < -0.39 is 0 Å². The van der Waals surface area contributed by atoms with Crippen molar-refractivity contribution in [2.45, 2.75) is 13.0 Å². The summed E-state index contributed by atoms with van der Waals surface area (Å²) in [6.45, 7) is 9.03. The first kappa shape index (κ1) is 21.0. The van der Waals surface area contributed by atoms with E-state index in [4.69, 9.17) is 0 Å². The van der Waals surface area contributed by atoms with Crippen LogP contribution in [0.4, 0.5) is 0 Å². The molecule has 158 valence electrons. The summed E-state index contributed by atoms with van der Waals surface area (Å²) < 4.78 is 4.37. The number of carbonyl (C=O) groups is 1. The van der Waals surface area contributed by atoms with Crippen LogP contribution in [0, 0.1) is 0 Å². The van der Waals surface area contributed by atoms with E-state index in [2.05, 4.69) is 26.7 Å². The topological polar surface area (TPSA) is 97.4 Å². The normalized spacial score (nSPS) is 15.7. The van der Waals surface area contributed by atoms with E-state index in [0.29, 0.717) is 37.2 Å². The summed E-state index contributed by atoms with van der Waals surface area (Å²) in [4.78, 5) is 45.6.